The Bertz CT molecular complexity index is 552. The molecule has 0 fully saturated rings. The van der Waals surface area contributed by atoms with Crippen molar-refractivity contribution in [1.29, 1.82) is 0 Å². The Morgan fingerprint density at radius 1 is 1.24 bits per heavy atom. The highest BCUT2D eigenvalue weighted by Crippen LogP contribution is 2.48. The average molecular weight is 313 g/mol. The van der Waals surface area contributed by atoms with Crippen molar-refractivity contribution in [3.05, 3.63) is 35.4 Å². The Kier molecular flexibility index (Phi) is 5.17. The van der Waals surface area contributed by atoms with E-state index < -0.39 is 13.8 Å². The van der Waals surface area contributed by atoms with Crippen LogP contribution in [0.5, 0.6) is 0 Å². The Balaban J connectivity index is 2.08. The van der Waals surface area contributed by atoms with E-state index in [-0.39, 0.29) is 31.8 Å². The van der Waals surface area contributed by atoms with E-state index in [1.165, 1.54) is 4.90 Å². The minimum atomic E-state index is -3.23. The van der Waals surface area contributed by atoms with Gasteiger partial charge < -0.3 is 19.1 Å². The van der Waals surface area contributed by atoms with Crippen molar-refractivity contribution in [1.82, 2.24) is 4.90 Å². The molecule has 0 saturated heterocycles. The molecule has 0 spiro atoms. The van der Waals surface area contributed by atoms with E-state index >= 15 is 0 Å². The minimum Gasteiger partial charge on any atom is -0.369 e. The van der Waals surface area contributed by atoms with Crippen LogP contribution >= 0.6 is 7.60 Å². The molecule has 1 aliphatic heterocycles. The molecular formula is C14H20NO5P. The van der Waals surface area contributed by atoms with Crippen LogP contribution < -0.4 is 0 Å². The Morgan fingerprint density at radius 3 is 2.43 bits per heavy atom. The van der Waals surface area contributed by atoms with E-state index in [9.17, 15) is 14.5 Å². The number of nitrogens with zero attached hydrogens (tertiary/aromatic N) is 1. The van der Waals surface area contributed by atoms with E-state index in [1.54, 1.807) is 38.1 Å². The first-order chi connectivity index (χ1) is 10.0. The zero-order valence-electron chi connectivity index (χ0n) is 12.2. The molecule has 1 heterocycles. The number of carbonyl (C=O) groups excluding carboxylic acids is 1. The summed E-state index contributed by atoms with van der Waals surface area (Å²) >= 11 is 0. The van der Waals surface area contributed by atoms with Crippen LogP contribution in [0.1, 0.15) is 36.0 Å². The third-order valence-electron chi connectivity index (χ3n) is 3.29. The number of fused-ring (bicyclic) bond motifs is 1. The van der Waals surface area contributed by atoms with Crippen molar-refractivity contribution in [2.24, 2.45) is 0 Å². The van der Waals surface area contributed by atoms with Crippen molar-refractivity contribution in [3.8, 4) is 0 Å². The Morgan fingerprint density at radius 2 is 1.86 bits per heavy atom. The van der Waals surface area contributed by atoms with E-state index in [1.807, 2.05) is 0 Å². The van der Waals surface area contributed by atoms with Gasteiger partial charge >= 0.3 is 7.60 Å². The topological polar surface area (TPSA) is 76.1 Å². The number of hydrogen-bond acceptors (Lipinski definition) is 5. The van der Waals surface area contributed by atoms with Gasteiger partial charge in [-0.3, -0.25) is 9.36 Å². The summed E-state index contributed by atoms with van der Waals surface area (Å²) in [6, 6.07) is 6.90. The van der Waals surface area contributed by atoms with Crippen LogP contribution in [0.3, 0.4) is 0 Å². The van der Waals surface area contributed by atoms with Crippen LogP contribution in [0.25, 0.3) is 0 Å². The molecule has 1 atom stereocenters. The summed E-state index contributed by atoms with van der Waals surface area (Å²) in [5, 5.41) is 10.2. The van der Waals surface area contributed by atoms with Crippen LogP contribution in [0.4, 0.5) is 0 Å². The normalized spacial score (nSPS) is 18.1. The SMILES string of the molecule is CCOP(=O)(CCN1C(=O)c2ccccc2C1O)OCC. The molecule has 1 N–H and O–H groups in total. The Hall–Kier alpha value is -1.20. The standard InChI is InChI=1S/C14H20NO5P/c1-3-19-21(18,20-4-2)10-9-15-13(16)11-7-5-6-8-12(11)14(15)17/h5-8,13,16H,3-4,9-10H2,1-2H3. The van der Waals surface area contributed by atoms with Crippen LogP contribution in [0.15, 0.2) is 24.3 Å². The van der Waals surface area contributed by atoms with Crippen molar-refractivity contribution in [3.63, 3.8) is 0 Å². The maximum Gasteiger partial charge on any atom is 0.332 e. The van der Waals surface area contributed by atoms with E-state index in [0.717, 1.165) is 0 Å². The van der Waals surface area contributed by atoms with Gasteiger partial charge in [0.2, 0.25) is 0 Å². The molecule has 0 saturated carbocycles. The zero-order chi connectivity index (χ0) is 15.5. The second-order valence-corrected chi connectivity index (χ2v) is 6.81. The highest BCUT2D eigenvalue weighted by Gasteiger charge is 2.36. The van der Waals surface area contributed by atoms with Gasteiger partial charge in [-0.25, -0.2) is 0 Å². The second-order valence-electron chi connectivity index (χ2n) is 4.63. The maximum atomic E-state index is 12.4. The maximum absolute atomic E-state index is 12.4. The molecule has 2 rings (SSSR count). The fourth-order valence-electron chi connectivity index (χ4n) is 2.36. The van der Waals surface area contributed by atoms with Gasteiger partial charge in [0.1, 0.15) is 0 Å². The molecule has 6 nitrogen and oxygen atoms in total. The molecule has 1 unspecified atom stereocenters. The molecule has 1 amide bonds. The lowest BCUT2D eigenvalue weighted by Crippen LogP contribution is -2.31. The van der Waals surface area contributed by atoms with Crippen LogP contribution in [-0.4, -0.2) is 41.8 Å². The molecule has 0 aliphatic carbocycles. The Labute approximate surface area is 124 Å². The lowest BCUT2D eigenvalue weighted by atomic mass is 10.1. The summed E-state index contributed by atoms with van der Waals surface area (Å²) in [5.41, 5.74) is 1.05. The molecule has 1 aromatic carbocycles. The van der Waals surface area contributed by atoms with Gasteiger partial charge in [0.15, 0.2) is 6.23 Å². The summed E-state index contributed by atoms with van der Waals surface area (Å²) in [7, 11) is -3.23. The first-order valence-corrected chi connectivity index (χ1v) is 8.71. The quantitative estimate of drug-likeness (QED) is 0.782. The van der Waals surface area contributed by atoms with Gasteiger partial charge in [-0.05, 0) is 19.9 Å². The van der Waals surface area contributed by atoms with Gasteiger partial charge in [-0.1, -0.05) is 18.2 Å². The third kappa shape index (κ3) is 3.35. The number of carbonyl (C=O) groups is 1. The van der Waals surface area contributed by atoms with E-state index in [2.05, 4.69) is 0 Å². The van der Waals surface area contributed by atoms with Crippen LogP contribution in [-0.2, 0) is 13.6 Å². The van der Waals surface area contributed by atoms with Gasteiger partial charge in [0, 0.05) is 17.7 Å². The highest BCUT2D eigenvalue weighted by molar-refractivity contribution is 7.53. The molecule has 1 aliphatic rings. The largest absolute Gasteiger partial charge is 0.369 e. The molecule has 0 aromatic heterocycles. The lowest BCUT2D eigenvalue weighted by molar-refractivity contribution is 0.0200. The molecular weight excluding hydrogens is 293 g/mol. The fourth-order valence-corrected chi connectivity index (χ4v) is 3.94. The fraction of sp³-hybridized carbons (Fsp3) is 0.500. The van der Waals surface area contributed by atoms with Gasteiger partial charge in [-0.15, -0.1) is 0 Å². The monoisotopic (exact) mass is 313 g/mol. The zero-order valence-corrected chi connectivity index (χ0v) is 13.1. The van der Waals surface area contributed by atoms with Crippen molar-refractivity contribution >= 4 is 13.5 Å². The van der Waals surface area contributed by atoms with Crippen molar-refractivity contribution < 1.29 is 23.5 Å². The predicted molar refractivity (Wildman–Crippen MR) is 78.2 cm³/mol. The van der Waals surface area contributed by atoms with Crippen LogP contribution in [0, 0.1) is 0 Å². The highest BCUT2D eigenvalue weighted by atomic mass is 31.2. The molecule has 0 radical (unpaired) electrons. The third-order valence-corrected chi connectivity index (χ3v) is 5.34. The van der Waals surface area contributed by atoms with Crippen LogP contribution in [0.2, 0.25) is 0 Å². The number of rotatable bonds is 7. The summed E-state index contributed by atoms with van der Waals surface area (Å²) in [6.07, 6.45) is -0.948. The summed E-state index contributed by atoms with van der Waals surface area (Å²) in [4.78, 5) is 13.5. The predicted octanol–water partition coefficient (Wildman–Crippen LogP) is 2.40. The van der Waals surface area contributed by atoms with E-state index in [4.69, 9.17) is 9.05 Å². The number of hydrogen-bond donors (Lipinski definition) is 1. The molecule has 0 bridgehead atoms. The summed E-state index contributed by atoms with van der Waals surface area (Å²) < 4.78 is 22.8. The number of aliphatic hydroxyl groups excluding tert-OH is 1. The minimum absolute atomic E-state index is 0.0610. The number of amides is 1. The van der Waals surface area contributed by atoms with Crippen molar-refractivity contribution in [2.75, 3.05) is 25.9 Å². The summed E-state index contributed by atoms with van der Waals surface area (Å²) in [5.74, 6) is -0.266. The van der Waals surface area contributed by atoms with E-state index in [0.29, 0.717) is 11.1 Å². The molecule has 1 aromatic rings. The van der Waals surface area contributed by atoms with Gasteiger partial charge in [0.05, 0.1) is 19.4 Å². The lowest BCUT2D eigenvalue weighted by Gasteiger charge is -2.23. The number of aliphatic hydroxyl groups is 1. The summed E-state index contributed by atoms with van der Waals surface area (Å²) in [6.45, 7) is 4.13. The molecule has 7 heteroatoms. The smallest absolute Gasteiger partial charge is 0.332 e. The first-order valence-electron chi connectivity index (χ1n) is 6.98. The van der Waals surface area contributed by atoms with Crippen molar-refractivity contribution in [2.45, 2.75) is 20.1 Å². The first kappa shape index (κ1) is 16.2. The van der Waals surface area contributed by atoms with Gasteiger partial charge in [0.25, 0.3) is 5.91 Å². The molecule has 21 heavy (non-hydrogen) atoms. The van der Waals surface area contributed by atoms with Gasteiger partial charge in [-0.2, -0.15) is 0 Å². The second kappa shape index (κ2) is 6.71. The average Bonchev–Trinajstić information content (AvgIpc) is 2.70. The number of benzene rings is 1. The molecule has 116 valence electrons.